The summed E-state index contributed by atoms with van der Waals surface area (Å²) in [7, 11) is 1.70. The molecule has 0 aromatic heterocycles. The van der Waals surface area contributed by atoms with E-state index >= 15 is 0 Å². The minimum absolute atomic E-state index is 0. The molecule has 3 heteroatoms. The monoisotopic (exact) mass is 185 g/mol. The number of benzene rings is 1. The van der Waals surface area contributed by atoms with Gasteiger partial charge in [0.25, 0.3) is 0 Å². The van der Waals surface area contributed by atoms with Crippen LogP contribution in [0.5, 0.6) is 5.75 Å². The van der Waals surface area contributed by atoms with E-state index in [1.54, 1.807) is 7.11 Å². The molecule has 0 fully saturated rings. The Morgan fingerprint density at radius 1 is 1.33 bits per heavy atom. The Kier molecular flexibility index (Phi) is 2.95. The third kappa shape index (κ3) is 1.54. The van der Waals surface area contributed by atoms with Crippen molar-refractivity contribution in [2.24, 2.45) is 0 Å². The summed E-state index contributed by atoms with van der Waals surface area (Å²) in [6.07, 6.45) is 0. The molecule has 2 nitrogen and oxygen atoms in total. The van der Waals surface area contributed by atoms with E-state index in [4.69, 9.17) is 4.74 Å². The number of nitrogens with one attached hydrogen (secondary N) is 1. The standard InChI is InChI=1S/C9H11NO.ClH/c1-11-9-3-2-7-5-10-6-8(7)4-9;/h2-4,10H,5-6H2,1H3;1H. The predicted molar refractivity (Wildman–Crippen MR) is 44.6 cm³/mol. The van der Waals surface area contributed by atoms with Gasteiger partial charge >= 0.3 is 1.43 Å². The third-order valence-electron chi connectivity index (χ3n) is 2.04. The van der Waals surface area contributed by atoms with Crippen molar-refractivity contribution in [1.29, 1.82) is 0 Å². The van der Waals surface area contributed by atoms with E-state index < -0.39 is 0 Å². The van der Waals surface area contributed by atoms with Gasteiger partial charge in [0.2, 0.25) is 0 Å². The number of methoxy groups -OCH3 is 1. The molecule has 0 atom stereocenters. The molecule has 1 N–H and O–H groups in total. The van der Waals surface area contributed by atoms with Crippen LogP contribution < -0.4 is 22.5 Å². The molecule has 1 aromatic carbocycles. The number of hydrogen-bond acceptors (Lipinski definition) is 2. The molecule has 0 radical (unpaired) electrons. The van der Waals surface area contributed by atoms with Gasteiger partial charge in [0, 0.05) is 13.1 Å². The number of rotatable bonds is 1. The van der Waals surface area contributed by atoms with E-state index in [1.165, 1.54) is 11.1 Å². The number of ether oxygens (including phenoxy) is 1. The lowest BCUT2D eigenvalue weighted by atomic mass is 10.1. The Bertz CT molecular complexity index is 280. The molecule has 0 aliphatic carbocycles. The molecule has 2 rings (SSSR count). The predicted octanol–water partition coefficient (Wildman–Crippen LogP) is -1.59. The molecule has 0 amide bonds. The van der Waals surface area contributed by atoms with Gasteiger partial charge in [-0.2, -0.15) is 0 Å². The Labute approximate surface area is 79.8 Å². The summed E-state index contributed by atoms with van der Waals surface area (Å²) in [6.45, 7) is 1.98. The molecule has 66 valence electrons. The fourth-order valence-electron chi connectivity index (χ4n) is 1.40. The topological polar surface area (TPSA) is 21.3 Å². The summed E-state index contributed by atoms with van der Waals surface area (Å²) in [5.74, 6) is 0.951. The van der Waals surface area contributed by atoms with Crippen molar-refractivity contribution in [3.8, 4) is 5.75 Å². The largest absolute Gasteiger partial charge is 1.00 e. The zero-order chi connectivity index (χ0) is 7.68. The second-order valence-corrected chi connectivity index (χ2v) is 2.74. The van der Waals surface area contributed by atoms with Gasteiger partial charge < -0.3 is 22.5 Å². The molecule has 0 saturated carbocycles. The Morgan fingerprint density at radius 3 is 2.83 bits per heavy atom. The summed E-state index contributed by atoms with van der Waals surface area (Å²) in [4.78, 5) is 0. The average molecular weight is 186 g/mol. The highest BCUT2D eigenvalue weighted by Gasteiger charge is 2.09. The summed E-state index contributed by atoms with van der Waals surface area (Å²) < 4.78 is 5.11. The van der Waals surface area contributed by atoms with Gasteiger partial charge in [-0.3, -0.25) is 0 Å². The maximum Gasteiger partial charge on any atom is 1.00 e. The van der Waals surface area contributed by atoms with E-state index in [-0.39, 0.29) is 13.8 Å². The Hall–Kier alpha value is -0.730. The van der Waals surface area contributed by atoms with Crippen LogP contribution in [-0.4, -0.2) is 7.11 Å². The Morgan fingerprint density at radius 2 is 2.08 bits per heavy atom. The molecule has 1 heterocycles. The second kappa shape index (κ2) is 3.78. The molecule has 1 aliphatic rings. The quantitative estimate of drug-likeness (QED) is 0.570. The van der Waals surface area contributed by atoms with Crippen molar-refractivity contribution < 1.29 is 18.6 Å². The molecule has 1 aliphatic heterocycles. The van der Waals surface area contributed by atoms with Gasteiger partial charge in [0.15, 0.2) is 0 Å². The number of hydrogen-bond donors (Lipinski definition) is 1. The average Bonchev–Trinajstić information content (AvgIpc) is 2.50. The maximum atomic E-state index is 5.11. The van der Waals surface area contributed by atoms with Crippen LogP contribution in [0.15, 0.2) is 18.2 Å². The van der Waals surface area contributed by atoms with Gasteiger partial charge in [0.1, 0.15) is 5.75 Å². The lowest BCUT2D eigenvalue weighted by Gasteiger charge is -2.01. The number of fused-ring (bicyclic) bond motifs is 1. The normalized spacial score (nSPS) is 13.4. The van der Waals surface area contributed by atoms with E-state index in [9.17, 15) is 0 Å². The minimum Gasteiger partial charge on any atom is -1.00 e. The minimum atomic E-state index is 0. The van der Waals surface area contributed by atoms with Gasteiger partial charge in [-0.05, 0) is 23.3 Å². The van der Waals surface area contributed by atoms with Crippen molar-refractivity contribution in [1.82, 2.24) is 5.32 Å². The van der Waals surface area contributed by atoms with Crippen LogP contribution in [0, 0.1) is 0 Å². The van der Waals surface area contributed by atoms with E-state index in [0.29, 0.717) is 0 Å². The molecular formula is C9H12ClNO. The van der Waals surface area contributed by atoms with Crippen molar-refractivity contribution in [3.05, 3.63) is 29.3 Å². The highest BCUT2D eigenvalue weighted by atomic mass is 35.5. The van der Waals surface area contributed by atoms with Crippen LogP contribution in [0.3, 0.4) is 0 Å². The van der Waals surface area contributed by atoms with Crippen molar-refractivity contribution >= 4 is 0 Å². The zero-order valence-corrected chi connectivity index (χ0v) is 7.69. The molecule has 0 unspecified atom stereocenters. The summed E-state index contributed by atoms with van der Waals surface area (Å²) in [5, 5.41) is 3.28. The van der Waals surface area contributed by atoms with Crippen LogP contribution >= 0.6 is 0 Å². The number of halogens is 1. The van der Waals surface area contributed by atoms with Crippen molar-refractivity contribution in [2.75, 3.05) is 7.11 Å². The first-order valence-electron chi connectivity index (χ1n) is 3.76. The van der Waals surface area contributed by atoms with E-state index in [2.05, 4.69) is 17.4 Å². The lowest BCUT2D eigenvalue weighted by Crippen LogP contribution is -3.00. The smallest absolute Gasteiger partial charge is 1.00 e. The van der Waals surface area contributed by atoms with Gasteiger partial charge in [-0.1, -0.05) is 6.07 Å². The fourth-order valence-corrected chi connectivity index (χ4v) is 1.40. The molecule has 1 aromatic rings. The molecule has 0 saturated heterocycles. The summed E-state index contributed by atoms with van der Waals surface area (Å²) in [6, 6.07) is 6.22. The maximum absolute atomic E-state index is 5.11. The van der Waals surface area contributed by atoms with E-state index in [0.717, 1.165) is 18.8 Å². The van der Waals surface area contributed by atoms with Crippen molar-refractivity contribution in [2.45, 2.75) is 13.1 Å². The van der Waals surface area contributed by atoms with Crippen molar-refractivity contribution in [3.63, 3.8) is 0 Å². The molecule has 12 heavy (non-hydrogen) atoms. The van der Waals surface area contributed by atoms with E-state index in [1.807, 2.05) is 6.07 Å². The fraction of sp³-hybridized carbons (Fsp3) is 0.333. The second-order valence-electron chi connectivity index (χ2n) is 2.74. The van der Waals surface area contributed by atoms with Crippen LogP contribution in [0.25, 0.3) is 0 Å². The highest BCUT2D eigenvalue weighted by molar-refractivity contribution is 5.37. The van der Waals surface area contributed by atoms with Gasteiger partial charge in [-0.25, -0.2) is 0 Å². The van der Waals surface area contributed by atoms with Crippen LogP contribution in [-0.2, 0) is 13.1 Å². The Balaban J connectivity index is 0.000000720. The first-order chi connectivity index (χ1) is 5.40. The van der Waals surface area contributed by atoms with Crippen LogP contribution in [0.2, 0.25) is 0 Å². The van der Waals surface area contributed by atoms with Gasteiger partial charge in [-0.15, -0.1) is 0 Å². The summed E-state index contributed by atoms with van der Waals surface area (Å²) in [5.41, 5.74) is 2.76. The van der Waals surface area contributed by atoms with Gasteiger partial charge in [0.05, 0.1) is 7.11 Å². The first kappa shape index (κ1) is 9.36. The molecule has 0 spiro atoms. The zero-order valence-electron chi connectivity index (χ0n) is 7.93. The third-order valence-corrected chi connectivity index (χ3v) is 2.04. The SMILES string of the molecule is COc1ccc2c(c1)CNC2.[Cl-].[H+]. The summed E-state index contributed by atoms with van der Waals surface area (Å²) >= 11 is 0. The first-order valence-corrected chi connectivity index (χ1v) is 3.76. The van der Waals surface area contributed by atoms with Crippen LogP contribution in [0.4, 0.5) is 0 Å². The lowest BCUT2D eigenvalue weighted by molar-refractivity contribution is -0.00000259. The molecular weight excluding hydrogens is 174 g/mol. The molecule has 0 bridgehead atoms. The van der Waals surface area contributed by atoms with Crippen LogP contribution in [0.1, 0.15) is 12.6 Å². The highest BCUT2D eigenvalue weighted by Crippen LogP contribution is 2.20.